The predicted octanol–water partition coefficient (Wildman–Crippen LogP) is 0.930. The molecule has 0 aromatic heterocycles. The first kappa shape index (κ1) is 16.0. The maximum atomic E-state index is 13.7. The summed E-state index contributed by atoms with van der Waals surface area (Å²) in [5.74, 6) is -4.37. The van der Waals surface area contributed by atoms with Gasteiger partial charge in [0.25, 0.3) is 0 Å². The van der Waals surface area contributed by atoms with Crippen molar-refractivity contribution in [1.29, 1.82) is 5.26 Å². The Hall–Kier alpha value is -2.05. The van der Waals surface area contributed by atoms with Crippen molar-refractivity contribution >= 4 is 16.0 Å². The normalized spacial score (nSPS) is 13.0. The lowest BCUT2D eigenvalue weighted by Crippen LogP contribution is -2.40. The first-order valence-electron chi connectivity index (χ1n) is 5.23. The van der Waals surface area contributed by atoms with E-state index in [1.807, 2.05) is 0 Å². The molecule has 0 aliphatic carbocycles. The van der Waals surface area contributed by atoms with Gasteiger partial charge in [-0.05, 0) is 19.1 Å². The molecule has 0 aliphatic rings. The minimum atomic E-state index is -4.68. The van der Waals surface area contributed by atoms with Gasteiger partial charge in [-0.15, -0.1) is 0 Å². The van der Waals surface area contributed by atoms with E-state index in [4.69, 9.17) is 10.4 Å². The Morgan fingerprint density at radius 3 is 2.20 bits per heavy atom. The SMILES string of the molecule is CC(C(=O)O)N(C)S(=O)(=O)c1c(F)cc(C#N)cc1F. The molecule has 0 heterocycles. The van der Waals surface area contributed by atoms with Crippen molar-refractivity contribution in [2.75, 3.05) is 7.05 Å². The quantitative estimate of drug-likeness (QED) is 0.892. The highest BCUT2D eigenvalue weighted by Gasteiger charge is 2.34. The zero-order chi connectivity index (χ0) is 15.7. The highest BCUT2D eigenvalue weighted by Crippen LogP contribution is 2.24. The van der Waals surface area contributed by atoms with Gasteiger partial charge in [0.2, 0.25) is 10.0 Å². The number of halogens is 2. The molecule has 0 radical (unpaired) electrons. The van der Waals surface area contributed by atoms with Gasteiger partial charge in [0.1, 0.15) is 17.7 Å². The predicted molar refractivity (Wildman–Crippen MR) is 63.1 cm³/mol. The number of likely N-dealkylation sites (N-methyl/N-ethyl adjacent to an activating group) is 1. The molecule has 0 aliphatic heterocycles. The third kappa shape index (κ3) is 2.76. The molecule has 108 valence electrons. The van der Waals surface area contributed by atoms with Gasteiger partial charge in [0, 0.05) is 7.05 Å². The summed E-state index contributed by atoms with van der Waals surface area (Å²) in [6.45, 7) is 1.05. The molecule has 9 heteroatoms. The second-order valence-corrected chi connectivity index (χ2v) is 5.85. The highest BCUT2D eigenvalue weighted by atomic mass is 32.2. The van der Waals surface area contributed by atoms with Gasteiger partial charge in [0.15, 0.2) is 4.90 Å². The van der Waals surface area contributed by atoms with Crippen molar-refractivity contribution in [2.24, 2.45) is 0 Å². The number of sulfonamides is 1. The summed E-state index contributed by atoms with van der Waals surface area (Å²) in [7, 11) is -3.78. The van der Waals surface area contributed by atoms with Crippen LogP contribution in [-0.4, -0.2) is 36.9 Å². The van der Waals surface area contributed by atoms with E-state index in [1.54, 1.807) is 0 Å². The zero-order valence-electron chi connectivity index (χ0n) is 10.5. The molecule has 1 N–H and O–H groups in total. The minimum Gasteiger partial charge on any atom is -0.480 e. The molecule has 20 heavy (non-hydrogen) atoms. The van der Waals surface area contributed by atoms with Crippen molar-refractivity contribution in [1.82, 2.24) is 4.31 Å². The van der Waals surface area contributed by atoms with E-state index in [0.29, 0.717) is 16.4 Å². The Labute approximate surface area is 113 Å². The Morgan fingerprint density at radius 2 is 1.85 bits per heavy atom. The van der Waals surface area contributed by atoms with Crippen LogP contribution in [0, 0.1) is 23.0 Å². The average molecular weight is 304 g/mol. The number of rotatable bonds is 4. The fraction of sp³-hybridized carbons (Fsp3) is 0.273. The summed E-state index contributed by atoms with van der Waals surface area (Å²) < 4.78 is 51.7. The van der Waals surface area contributed by atoms with Gasteiger partial charge in [0.05, 0.1) is 11.6 Å². The number of aliphatic carboxylic acids is 1. The summed E-state index contributed by atoms with van der Waals surface area (Å²) in [6, 6.07) is 1.10. The van der Waals surface area contributed by atoms with Crippen LogP contribution in [0.4, 0.5) is 8.78 Å². The molecular weight excluding hydrogens is 294 g/mol. The van der Waals surface area contributed by atoms with Gasteiger partial charge >= 0.3 is 5.97 Å². The van der Waals surface area contributed by atoms with E-state index < -0.39 is 38.6 Å². The van der Waals surface area contributed by atoms with Crippen molar-refractivity contribution < 1.29 is 27.1 Å². The van der Waals surface area contributed by atoms with E-state index in [9.17, 15) is 22.0 Å². The molecular formula is C11H10F2N2O4S. The highest BCUT2D eigenvalue weighted by molar-refractivity contribution is 7.89. The number of carboxylic acids is 1. The zero-order valence-corrected chi connectivity index (χ0v) is 11.3. The van der Waals surface area contributed by atoms with E-state index in [0.717, 1.165) is 14.0 Å². The molecule has 1 unspecified atom stereocenters. The van der Waals surface area contributed by atoms with Crippen LogP contribution < -0.4 is 0 Å². The molecule has 0 saturated heterocycles. The van der Waals surface area contributed by atoms with Gasteiger partial charge in [-0.1, -0.05) is 0 Å². The van der Waals surface area contributed by atoms with Crippen LogP contribution in [0.25, 0.3) is 0 Å². The smallest absolute Gasteiger partial charge is 0.321 e. The second kappa shape index (κ2) is 5.52. The fourth-order valence-electron chi connectivity index (χ4n) is 1.38. The largest absolute Gasteiger partial charge is 0.480 e. The van der Waals surface area contributed by atoms with Gasteiger partial charge < -0.3 is 5.11 Å². The van der Waals surface area contributed by atoms with Crippen LogP contribution in [0.5, 0.6) is 0 Å². The van der Waals surface area contributed by atoms with Crippen LogP contribution in [0.2, 0.25) is 0 Å². The lowest BCUT2D eigenvalue weighted by molar-refractivity contribution is -0.140. The first-order chi connectivity index (χ1) is 9.12. The Bertz CT molecular complexity index is 674. The third-order valence-electron chi connectivity index (χ3n) is 2.67. The number of carboxylic acid groups (broad SMARTS) is 1. The first-order valence-corrected chi connectivity index (χ1v) is 6.67. The van der Waals surface area contributed by atoms with E-state index in [2.05, 4.69) is 0 Å². The molecule has 0 amide bonds. The van der Waals surface area contributed by atoms with Crippen molar-refractivity contribution in [3.63, 3.8) is 0 Å². The lowest BCUT2D eigenvalue weighted by Gasteiger charge is -2.21. The van der Waals surface area contributed by atoms with Crippen LogP contribution in [0.1, 0.15) is 12.5 Å². The lowest BCUT2D eigenvalue weighted by atomic mass is 10.2. The Kier molecular flexibility index (Phi) is 4.42. The third-order valence-corrected chi connectivity index (χ3v) is 4.65. The number of hydrogen-bond acceptors (Lipinski definition) is 4. The molecule has 1 rings (SSSR count). The fourth-order valence-corrected chi connectivity index (χ4v) is 2.78. The van der Waals surface area contributed by atoms with E-state index >= 15 is 0 Å². The van der Waals surface area contributed by atoms with Crippen LogP contribution in [0.3, 0.4) is 0 Å². The van der Waals surface area contributed by atoms with Crippen LogP contribution in [-0.2, 0) is 14.8 Å². The molecule has 0 fully saturated rings. The summed E-state index contributed by atoms with van der Waals surface area (Å²) in [5.41, 5.74) is -0.382. The average Bonchev–Trinajstić information content (AvgIpc) is 2.35. The second-order valence-electron chi connectivity index (χ2n) is 3.92. The molecule has 1 aromatic rings. The standard InChI is InChI=1S/C11H10F2N2O4S/c1-6(11(16)17)15(2)20(18,19)10-8(12)3-7(5-14)4-9(10)13/h3-4,6H,1-2H3,(H,16,17). The topological polar surface area (TPSA) is 98.5 Å². The van der Waals surface area contributed by atoms with E-state index in [1.165, 1.54) is 6.07 Å². The Morgan fingerprint density at radius 1 is 1.40 bits per heavy atom. The van der Waals surface area contributed by atoms with Crippen molar-refractivity contribution in [2.45, 2.75) is 17.9 Å². The summed E-state index contributed by atoms with van der Waals surface area (Å²) in [6.07, 6.45) is 0. The van der Waals surface area contributed by atoms with Crippen molar-refractivity contribution in [3.05, 3.63) is 29.3 Å². The summed E-state index contributed by atoms with van der Waals surface area (Å²) in [5, 5.41) is 17.3. The number of carbonyl (C=O) groups is 1. The van der Waals surface area contributed by atoms with Crippen molar-refractivity contribution in [3.8, 4) is 6.07 Å². The molecule has 0 bridgehead atoms. The summed E-state index contributed by atoms with van der Waals surface area (Å²) in [4.78, 5) is 9.47. The summed E-state index contributed by atoms with van der Waals surface area (Å²) >= 11 is 0. The molecule has 0 spiro atoms. The monoisotopic (exact) mass is 304 g/mol. The number of hydrogen-bond donors (Lipinski definition) is 1. The molecule has 6 nitrogen and oxygen atoms in total. The number of nitrogens with zero attached hydrogens (tertiary/aromatic N) is 2. The van der Waals surface area contributed by atoms with Gasteiger partial charge in [-0.2, -0.15) is 9.57 Å². The molecule has 1 aromatic carbocycles. The maximum absolute atomic E-state index is 13.7. The maximum Gasteiger partial charge on any atom is 0.321 e. The van der Waals surface area contributed by atoms with Crippen LogP contribution >= 0.6 is 0 Å². The number of benzene rings is 1. The van der Waals surface area contributed by atoms with E-state index in [-0.39, 0.29) is 5.56 Å². The Balaban J connectivity index is 3.45. The molecule has 1 atom stereocenters. The minimum absolute atomic E-state index is 0.336. The van der Waals surface area contributed by atoms with Crippen LogP contribution in [0.15, 0.2) is 17.0 Å². The molecule has 0 saturated carbocycles. The van der Waals surface area contributed by atoms with Gasteiger partial charge in [-0.3, -0.25) is 4.79 Å². The number of nitriles is 1. The van der Waals surface area contributed by atoms with Gasteiger partial charge in [-0.25, -0.2) is 17.2 Å².